The summed E-state index contributed by atoms with van der Waals surface area (Å²) in [7, 11) is 0. The van der Waals surface area contributed by atoms with Crippen LogP contribution < -0.4 is 11.1 Å². The molecule has 3 N–H and O–H groups in total. The first-order valence-electron chi connectivity index (χ1n) is 6.40. The number of carbonyl (C=O) groups is 1. The summed E-state index contributed by atoms with van der Waals surface area (Å²) < 4.78 is 1.04. The largest absolute Gasteiger partial charge is 0.399 e. The quantitative estimate of drug-likeness (QED) is 0.840. The van der Waals surface area contributed by atoms with E-state index in [-0.39, 0.29) is 5.91 Å². The molecule has 100 valence electrons. The van der Waals surface area contributed by atoms with E-state index in [9.17, 15) is 4.79 Å². The molecule has 0 aliphatic carbocycles. The fourth-order valence-corrected chi connectivity index (χ4v) is 3.16. The summed E-state index contributed by atoms with van der Waals surface area (Å²) in [6.07, 6.45) is 2.23. The Labute approximate surface area is 115 Å². The van der Waals surface area contributed by atoms with Crippen LogP contribution in [-0.2, 0) is 4.79 Å². The lowest BCUT2D eigenvalue weighted by molar-refractivity contribution is -0.128. The van der Waals surface area contributed by atoms with Gasteiger partial charge in [0.15, 0.2) is 5.13 Å². The molecule has 1 amide bonds. The first kappa shape index (κ1) is 12.2. The number of fused-ring (bicyclic) bond motifs is 1. The summed E-state index contributed by atoms with van der Waals surface area (Å²) in [4.78, 5) is 18.2. The third-order valence-corrected chi connectivity index (χ3v) is 4.24. The molecule has 3 rings (SSSR count). The lowest BCUT2D eigenvalue weighted by Crippen LogP contribution is -2.32. The Kier molecular flexibility index (Phi) is 3.25. The second-order valence-electron chi connectivity index (χ2n) is 4.69. The Morgan fingerprint density at radius 2 is 2.21 bits per heavy atom. The Hall–Kier alpha value is -1.82. The van der Waals surface area contributed by atoms with Crippen LogP contribution in [0.2, 0.25) is 0 Å². The number of nitrogens with two attached hydrogens (primary N) is 1. The number of nitrogen functional groups attached to an aromatic ring is 1. The van der Waals surface area contributed by atoms with Gasteiger partial charge < -0.3 is 16.0 Å². The molecule has 1 aliphatic heterocycles. The van der Waals surface area contributed by atoms with Crippen LogP contribution in [0.4, 0.5) is 10.8 Å². The maximum atomic E-state index is 11.9. The number of aromatic nitrogens is 1. The van der Waals surface area contributed by atoms with Gasteiger partial charge in [-0.25, -0.2) is 4.98 Å². The van der Waals surface area contributed by atoms with E-state index in [1.54, 1.807) is 0 Å². The van der Waals surface area contributed by atoms with Crippen LogP contribution in [-0.4, -0.2) is 35.4 Å². The fraction of sp³-hybridized carbons (Fsp3) is 0.385. The lowest BCUT2D eigenvalue weighted by atomic mass is 10.3. The van der Waals surface area contributed by atoms with E-state index in [0.717, 1.165) is 47.0 Å². The molecule has 6 heteroatoms. The highest BCUT2D eigenvalue weighted by Gasteiger charge is 2.17. The van der Waals surface area contributed by atoms with Gasteiger partial charge in [0.05, 0.1) is 16.8 Å². The Balaban J connectivity index is 1.66. The van der Waals surface area contributed by atoms with E-state index >= 15 is 0 Å². The molecule has 0 unspecified atom stereocenters. The zero-order valence-electron chi connectivity index (χ0n) is 10.6. The topological polar surface area (TPSA) is 71.2 Å². The van der Waals surface area contributed by atoms with Gasteiger partial charge in [-0.1, -0.05) is 11.3 Å². The number of hydrogen-bond donors (Lipinski definition) is 2. The van der Waals surface area contributed by atoms with Crippen LogP contribution in [0.15, 0.2) is 18.2 Å². The van der Waals surface area contributed by atoms with Crippen molar-refractivity contribution in [3.8, 4) is 0 Å². The summed E-state index contributed by atoms with van der Waals surface area (Å²) in [6, 6.07) is 5.64. The van der Waals surface area contributed by atoms with Crippen molar-refractivity contribution in [2.75, 3.05) is 30.7 Å². The monoisotopic (exact) mass is 276 g/mol. The van der Waals surface area contributed by atoms with Gasteiger partial charge in [-0.05, 0) is 31.0 Å². The summed E-state index contributed by atoms with van der Waals surface area (Å²) in [6.45, 7) is 2.09. The van der Waals surface area contributed by atoms with E-state index in [0.29, 0.717) is 6.54 Å². The first-order chi connectivity index (χ1) is 9.22. The number of amides is 1. The zero-order chi connectivity index (χ0) is 13.2. The minimum absolute atomic E-state index is 0.149. The van der Waals surface area contributed by atoms with E-state index < -0.39 is 0 Å². The van der Waals surface area contributed by atoms with Crippen LogP contribution in [0, 0.1) is 0 Å². The number of likely N-dealkylation sites (tertiary alicyclic amines) is 1. The van der Waals surface area contributed by atoms with Gasteiger partial charge in [-0.2, -0.15) is 0 Å². The molecule has 19 heavy (non-hydrogen) atoms. The van der Waals surface area contributed by atoms with E-state index in [1.807, 2.05) is 23.1 Å². The molecule has 0 bridgehead atoms. The van der Waals surface area contributed by atoms with Gasteiger partial charge in [0, 0.05) is 18.8 Å². The molecule has 1 aromatic heterocycles. The normalized spacial score (nSPS) is 15.1. The number of carbonyl (C=O) groups excluding carboxylic acids is 1. The average molecular weight is 276 g/mol. The molecule has 0 radical (unpaired) electrons. The van der Waals surface area contributed by atoms with Gasteiger partial charge >= 0.3 is 0 Å². The van der Waals surface area contributed by atoms with Gasteiger partial charge in [-0.3, -0.25) is 4.79 Å². The molecule has 2 heterocycles. The number of thiazole rings is 1. The van der Waals surface area contributed by atoms with Crippen molar-refractivity contribution in [2.45, 2.75) is 12.8 Å². The number of rotatable bonds is 3. The Morgan fingerprint density at radius 1 is 1.42 bits per heavy atom. The van der Waals surface area contributed by atoms with Crippen LogP contribution in [0.5, 0.6) is 0 Å². The summed E-state index contributed by atoms with van der Waals surface area (Å²) in [5.74, 6) is 0.149. The molecule has 1 saturated heterocycles. The number of benzene rings is 1. The van der Waals surface area contributed by atoms with Crippen molar-refractivity contribution < 1.29 is 4.79 Å². The zero-order valence-corrected chi connectivity index (χ0v) is 11.4. The second kappa shape index (κ2) is 5.05. The molecule has 0 atom stereocenters. The first-order valence-corrected chi connectivity index (χ1v) is 7.22. The molecule has 5 nitrogen and oxygen atoms in total. The van der Waals surface area contributed by atoms with Gasteiger partial charge in [0.25, 0.3) is 0 Å². The third-order valence-electron chi connectivity index (χ3n) is 3.26. The Morgan fingerprint density at radius 3 is 3.00 bits per heavy atom. The third kappa shape index (κ3) is 2.63. The van der Waals surface area contributed by atoms with E-state index in [4.69, 9.17) is 5.73 Å². The molecular weight excluding hydrogens is 260 g/mol. The van der Waals surface area contributed by atoms with Crippen molar-refractivity contribution in [1.82, 2.24) is 9.88 Å². The highest BCUT2D eigenvalue weighted by atomic mass is 32.1. The van der Waals surface area contributed by atoms with E-state index in [2.05, 4.69) is 10.3 Å². The summed E-state index contributed by atoms with van der Waals surface area (Å²) in [5, 5.41) is 3.88. The molecule has 1 aromatic carbocycles. The number of nitrogens with zero attached hydrogens (tertiary/aromatic N) is 2. The minimum atomic E-state index is 0.149. The molecule has 0 saturated carbocycles. The number of anilines is 2. The van der Waals surface area contributed by atoms with Crippen LogP contribution >= 0.6 is 11.3 Å². The maximum absolute atomic E-state index is 11.9. The van der Waals surface area contributed by atoms with Gasteiger partial charge in [0.2, 0.25) is 5.91 Å². The maximum Gasteiger partial charge on any atom is 0.241 e. The predicted molar refractivity (Wildman–Crippen MR) is 78.3 cm³/mol. The minimum Gasteiger partial charge on any atom is -0.399 e. The SMILES string of the molecule is Nc1ccc2nc(NCC(=O)N3CCCC3)sc2c1. The Bertz CT molecular complexity index is 604. The van der Waals surface area contributed by atoms with Crippen molar-refractivity contribution in [3.05, 3.63) is 18.2 Å². The van der Waals surface area contributed by atoms with Crippen molar-refractivity contribution in [3.63, 3.8) is 0 Å². The molecular formula is C13H16N4OS. The molecule has 1 aliphatic rings. The molecule has 1 fully saturated rings. The van der Waals surface area contributed by atoms with Crippen LogP contribution in [0.25, 0.3) is 10.2 Å². The van der Waals surface area contributed by atoms with Crippen molar-refractivity contribution >= 4 is 38.3 Å². The highest BCUT2D eigenvalue weighted by molar-refractivity contribution is 7.22. The van der Waals surface area contributed by atoms with Crippen molar-refractivity contribution in [1.29, 1.82) is 0 Å². The van der Waals surface area contributed by atoms with E-state index in [1.165, 1.54) is 11.3 Å². The van der Waals surface area contributed by atoms with Gasteiger partial charge in [0.1, 0.15) is 0 Å². The van der Waals surface area contributed by atoms with Gasteiger partial charge in [-0.15, -0.1) is 0 Å². The second-order valence-corrected chi connectivity index (χ2v) is 5.72. The van der Waals surface area contributed by atoms with Crippen LogP contribution in [0.1, 0.15) is 12.8 Å². The number of nitrogens with one attached hydrogen (secondary N) is 1. The fourth-order valence-electron chi connectivity index (χ4n) is 2.25. The summed E-state index contributed by atoms with van der Waals surface area (Å²) >= 11 is 1.52. The molecule has 2 aromatic rings. The predicted octanol–water partition coefficient (Wildman–Crippen LogP) is 1.91. The standard InChI is InChI=1S/C13H16N4OS/c14-9-3-4-10-11(7-9)19-13(16-10)15-8-12(18)17-5-1-2-6-17/h3-4,7H,1-2,5-6,8,14H2,(H,15,16). The highest BCUT2D eigenvalue weighted by Crippen LogP contribution is 2.27. The smallest absolute Gasteiger partial charge is 0.241 e. The molecule has 0 spiro atoms. The average Bonchev–Trinajstić information content (AvgIpc) is 3.04. The summed E-state index contributed by atoms with van der Waals surface area (Å²) in [5.41, 5.74) is 7.38. The lowest BCUT2D eigenvalue weighted by Gasteiger charge is -2.14. The van der Waals surface area contributed by atoms with Crippen LogP contribution in [0.3, 0.4) is 0 Å². The van der Waals surface area contributed by atoms with Crippen molar-refractivity contribution in [2.24, 2.45) is 0 Å². The number of hydrogen-bond acceptors (Lipinski definition) is 5.